The second kappa shape index (κ2) is 6.84. The van der Waals surface area contributed by atoms with Gasteiger partial charge in [0.05, 0.1) is 12.0 Å². The Bertz CT molecular complexity index is 970. The van der Waals surface area contributed by atoms with Crippen molar-refractivity contribution in [2.45, 2.75) is 26.4 Å². The number of benzene rings is 1. The van der Waals surface area contributed by atoms with Crippen LogP contribution in [0.5, 0.6) is 0 Å². The van der Waals surface area contributed by atoms with E-state index in [4.69, 9.17) is 4.74 Å². The van der Waals surface area contributed by atoms with E-state index >= 15 is 0 Å². The van der Waals surface area contributed by atoms with E-state index in [0.717, 1.165) is 28.3 Å². The van der Waals surface area contributed by atoms with Crippen molar-refractivity contribution in [1.82, 2.24) is 9.97 Å². The molecule has 5 nitrogen and oxygen atoms in total. The van der Waals surface area contributed by atoms with Gasteiger partial charge in [0.1, 0.15) is 5.82 Å². The van der Waals surface area contributed by atoms with Crippen molar-refractivity contribution in [2.75, 3.05) is 11.9 Å². The fraction of sp³-hybridized carbons (Fsp3) is 0.286. The molecule has 1 fully saturated rings. The summed E-state index contributed by atoms with van der Waals surface area (Å²) in [5, 5.41) is 4.97. The number of hydrogen-bond donors (Lipinski definition) is 1. The molecule has 1 amide bonds. The number of nitrogens with zero attached hydrogens (tertiary/aromatic N) is 2. The lowest BCUT2D eigenvalue weighted by Crippen LogP contribution is -2.17. The van der Waals surface area contributed by atoms with Crippen molar-refractivity contribution in [3.63, 3.8) is 0 Å². The SMILES string of the molecule is CCOC1C[C@H]1C(=O)Nc1cc2ccc(-c3cnccc3C)cc2cn1. The van der Waals surface area contributed by atoms with E-state index in [1.807, 2.05) is 25.3 Å². The van der Waals surface area contributed by atoms with Crippen LogP contribution < -0.4 is 5.32 Å². The highest BCUT2D eigenvalue weighted by Gasteiger charge is 2.44. The summed E-state index contributed by atoms with van der Waals surface area (Å²) in [5.74, 6) is 0.510. The van der Waals surface area contributed by atoms with Crippen LogP contribution in [-0.4, -0.2) is 28.6 Å². The Morgan fingerprint density at radius 3 is 2.92 bits per heavy atom. The van der Waals surface area contributed by atoms with Gasteiger partial charge in [-0.05, 0) is 55.0 Å². The molecule has 3 aromatic rings. The number of nitrogens with one attached hydrogen (secondary N) is 1. The monoisotopic (exact) mass is 347 g/mol. The quantitative estimate of drug-likeness (QED) is 0.758. The van der Waals surface area contributed by atoms with E-state index in [2.05, 4.69) is 40.4 Å². The summed E-state index contributed by atoms with van der Waals surface area (Å²) in [6.07, 6.45) is 6.33. The van der Waals surface area contributed by atoms with Crippen LogP contribution in [0, 0.1) is 12.8 Å². The standard InChI is InChI=1S/C21H21N3O2/c1-3-26-19-10-17(19)21(25)24-20-9-14-4-5-15(8-16(14)11-23-20)18-12-22-7-6-13(18)2/h4-9,11-12,17,19H,3,10H2,1-2H3,(H,23,24,25)/t17-,19?/m1/s1. The predicted molar refractivity (Wildman–Crippen MR) is 102 cm³/mol. The van der Waals surface area contributed by atoms with Crippen molar-refractivity contribution >= 4 is 22.5 Å². The topological polar surface area (TPSA) is 64.1 Å². The van der Waals surface area contributed by atoms with Crippen LogP contribution >= 0.6 is 0 Å². The van der Waals surface area contributed by atoms with E-state index in [1.54, 1.807) is 12.4 Å². The number of pyridine rings is 2. The van der Waals surface area contributed by atoms with Gasteiger partial charge in [0, 0.05) is 36.1 Å². The number of hydrogen-bond acceptors (Lipinski definition) is 4. The van der Waals surface area contributed by atoms with Gasteiger partial charge in [-0.25, -0.2) is 4.98 Å². The van der Waals surface area contributed by atoms with Gasteiger partial charge in [-0.1, -0.05) is 12.1 Å². The second-order valence-corrected chi connectivity index (χ2v) is 6.65. The van der Waals surface area contributed by atoms with Crippen LogP contribution in [0.15, 0.2) is 48.9 Å². The minimum absolute atomic E-state index is 0.0158. The van der Waals surface area contributed by atoms with E-state index < -0.39 is 0 Å². The Morgan fingerprint density at radius 2 is 2.12 bits per heavy atom. The zero-order chi connectivity index (χ0) is 18.1. The zero-order valence-electron chi connectivity index (χ0n) is 14.9. The fourth-order valence-corrected chi connectivity index (χ4v) is 3.21. The number of aryl methyl sites for hydroxylation is 1. The number of rotatable bonds is 5. The van der Waals surface area contributed by atoms with Gasteiger partial charge < -0.3 is 10.1 Å². The maximum atomic E-state index is 12.2. The van der Waals surface area contributed by atoms with Crippen molar-refractivity contribution in [3.8, 4) is 11.1 Å². The molecule has 0 spiro atoms. The minimum atomic E-state index is -0.0524. The minimum Gasteiger partial charge on any atom is -0.378 e. The highest BCUT2D eigenvalue weighted by atomic mass is 16.5. The summed E-state index contributed by atoms with van der Waals surface area (Å²) in [6.45, 7) is 4.66. The number of fused-ring (bicyclic) bond motifs is 1. The molecule has 0 radical (unpaired) electrons. The molecular weight excluding hydrogens is 326 g/mol. The lowest BCUT2D eigenvalue weighted by atomic mass is 10.0. The Balaban J connectivity index is 1.54. The molecule has 1 saturated carbocycles. The van der Waals surface area contributed by atoms with Crippen molar-refractivity contribution in [1.29, 1.82) is 0 Å². The molecule has 0 saturated heterocycles. The lowest BCUT2D eigenvalue weighted by molar-refractivity contribution is -0.118. The third-order valence-electron chi connectivity index (χ3n) is 4.77. The van der Waals surface area contributed by atoms with Gasteiger partial charge in [-0.3, -0.25) is 9.78 Å². The Hall–Kier alpha value is -2.79. The smallest absolute Gasteiger partial charge is 0.231 e. The first-order valence-corrected chi connectivity index (χ1v) is 8.89. The number of anilines is 1. The lowest BCUT2D eigenvalue weighted by Gasteiger charge is -2.08. The molecule has 1 aliphatic carbocycles. The maximum Gasteiger partial charge on any atom is 0.231 e. The number of aromatic nitrogens is 2. The van der Waals surface area contributed by atoms with E-state index in [0.29, 0.717) is 12.4 Å². The molecule has 4 rings (SSSR count). The summed E-state index contributed by atoms with van der Waals surface area (Å²) in [5.41, 5.74) is 3.41. The molecule has 2 heterocycles. The first-order valence-electron chi connectivity index (χ1n) is 8.89. The predicted octanol–water partition coefficient (Wildman–Crippen LogP) is 3.97. The molecular formula is C21H21N3O2. The Morgan fingerprint density at radius 1 is 1.23 bits per heavy atom. The molecule has 26 heavy (non-hydrogen) atoms. The molecule has 1 aromatic carbocycles. The van der Waals surface area contributed by atoms with Crippen LogP contribution in [0.3, 0.4) is 0 Å². The van der Waals surface area contributed by atoms with Gasteiger partial charge in [-0.2, -0.15) is 0 Å². The molecule has 132 valence electrons. The molecule has 0 aliphatic heterocycles. The van der Waals surface area contributed by atoms with Crippen molar-refractivity contribution < 1.29 is 9.53 Å². The third-order valence-corrected chi connectivity index (χ3v) is 4.77. The van der Waals surface area contributed by atoms with Crippen LogP contribution in [0.25, 0.3) is 21.9 Å². The number of ether oxygens (including phenoxy) is 1. The van der Waals surface area contributed by atoms with E-state index in [1.165, 1.54) is 5.56 Å². The Labute approximate surface area is 152 Å². The molecule has 0 bridgehead atoms. The fourth-order valence-electron chi connectivity index (χ4n) is 3.21. The highest BCUT2D eigenvalue weighted by molar-refractivity contribution is 5.96. The van der Waals surface area contributed by atoms with Crippen LogP contribution in [0.1, 0.15) is 18.9 Å². The molecule has 2 aromatic heterocycles. The first kappa shape index (κ1) is 16.7. The molecule has 1 N–H and O–H groups in total. The molecule has 1 aliphatic rings. The van der Waals surface area contributed by atoms with Crippen molar-refractivity contribution in [2.24, 2.45) is 5.92 Å². The summed E-state index contributed by atoms with van der Waals surface area (Å²) < 4.78 is 5.47. The van der Waals surface area contributed by atoms with Gasteiger partial charge in [0.2, 0.25) is 5.91 Å². The number of carbonyl (C=O) groups is 1. The number of amides is 1. The van der Waals surface area contributed by atoms with Gasteiger partial charge in [-0.15, -0.1) is 0 Å². The average molecular weight is 347 g/mol. The second-order valence-electron chi connectivity index (χ2n) is 6.65. The maximum absolute atomic E-state index is 12.2. The summed E-state index contributed by atoms with van der Waals surface area (Å²) in [4.78, 5) is 20.8. The number of carbonyl (C=O) groups excluding carboxylic acids is 1. The van der Waals surface area contributed by atoms with Gasteiger partial charge in [0.25, 0.3) is 0 Å². The summed E-state index contributed by atoms with van der Waals surface area (Å²) >= 11 is 0. The van der Waals surface area contributed by atoms with Crippen LogP contribution in [0.2, 0.25) is 0 Å². The summed E-state index contributed by atoms with van der Waals surface area (Å²) in [6, 6.07) is 10.1. The van der Waals surface area contributed by atoms with Gasteiger partial charge >= 0.3 is 0 Å². The van der Waals surface area contributed by atoms with Crippen LogP contribution in [-0.2, 0) is 9.53 Å². The van der Waals surface area contributed by atoms with Crippen molar-refractivity contribution in [3.05, 3.63) is 54.5 Å². The molecule has 2 atom stereocenters. The molecule has 5 heteroatoms. The van der Waals surface area contributed by atoms with E-state index in [-0.39, 0.29) is 17.9 Å². The van der Waals surface area contributed by atoms with Crippen LogP contribution in [0.4, 0.5) is 5.82 Å². The normalized spacial score (nSPS) is 18.7. The molecule has 1 unspecified atom stereocenters. The largest absolute Gasteiger partial charge is 0.378 e. The highest BCUT2D eigenvalue weighted by Crippen LogP contribution is 2.35. The zero-order valence-corrected chi connectivity index (χ0v) is 14.9. The average Bonchev–Trinajstić information content (AvgIpc) is 3.41. The van der Waals surface area contributed by atoms with E-state index in [9.17, 15) is 4.79 Å². The first-order chi connectivity index (χ1) is 12.7. The summed E-state index contributed by atoms with van der Waals surface area (Å²) in [7, 11) is 0. The Kier molecular flexibility index (Phi) is 4.39. The van der Waals surface area contributed by atoms with Gasteiger partial charge in [0.15, 0.2) is 0 Å². The third kappa shape index (κ3) is 3.30.